The van der Waals surface area contributed by atoms with E-state index < -0.39 is 0 Å². The fourth-order valence-electron chi connectivity index (χ4n) is 4.04. The highest BCUT2D eigenvalue weighted by atomic mass is 79.9. The summed E-state index contributed by atoms with van der Waals surface area (Å²) in [6, 6.07) is 5.79. The van der Waals surface area contributed by atoms with Crippen molar-refractivity contribution in [2.75, 3.05) is 7.11 Å². The second kappa shape index (κ2) is 8.86. The normalized spacial score (nSPS) is 14.0. The average molecular weight is 444 g/mol. The molecule has 0 atom stereocenters. The molecule has 2 heterocycles. The van der Waals surface area contributed by atoms with Crippen LogP contribution in [0.5, 0.6) is 0 Å². The molecule has 0 unspecified atom stereocenters. The Morgan fingerprint density at radius 2 is 1.82 bits per heavy atom. The number of rotatable bonds is 3. The summed E-state index contributed by atoms with van der Waals surface area (Å²) in [7, 11) is 3.42. The number of methoxy groups -OCH3 is 1. The Labute approximate surface area is 174 Å². The van der Waals surface area contributed by atoms with Gasteiger partial charge in [-0.3, -0.25) is 0 Å². The van der Waals surface area contributed by atoms with Crippen LogP contribution < -0.4 is 0 Å². The molecule has 0 radical (unpaired) electrons. The van der Waals surface area contributed by atoms with E-state index in [1.807, 2.05) is 39.1 Å². The molecule has 0 bridgehead atoms. The molecule has 0 saturated heterocycles. The number of halogens is 1. The van der Waals surface area contributed by atoms with E-state index in [4.69, 9.17) is 4.74 Å². The van der Waals surface area contributed by atoms with Gasteiger partial charge in [-0.1, -0.05) is 32.8 Å². The molecule has 0 N–H and O–H groups in total. The van der Waals surface area contributed by atoms with E-state index in [0.29, 0.717) is 17.3 Å². The van der Waals surface area contributed by atoms with Crippen LogP contribution in [0.4, 0.5) is 0 Å². The van der Waals surface area contributed by atoms with Crippen molar-refractivity contribution in [2.45, 2.75) is 45.4 Å². The van der Waals surface area contributed by atoms with Gasteiger partial charge in [0.2, 0.25) is 0 Å². The highest BCUT2D eigenvalue weighted by Gasteiger charge is 2.28. The lowest BCUT2D eigenvalue weighted by atomic mass is 9.93. The largest absolute Gasteiger partial charge is 0.465 e. The molecule has 6 heteroatoms. The number of carbonyl (C=O) groups is 1. The molecule has 28 heavy (non-hydrogen) atoms. The van der Waals surface area contributed by atoms with Crippen LogP contribution in [-0.2, 0) is 11.8 Å². The molecule has 148 valence electrons. The molecule has 4 rings (SSSR count). The first-order valence-corrected chi connectivity index (χ1v) is 10.6. The van der Waals surface area contributed by atoms with Crippen molar-refractivity contribution in [2.24, 2.45) is 7.05 Å². The molecule has 0 amide bonds. The minimum atomic E-state index is -0.322. The molecular formula is C22H26BrN3O2. The Balaban J connectivity index is 0.00000109. The number of aryl methyl sites for hydroxylation is 1. The second-order valence-electron chi connectivity index (χ2n) is 6.75. The first-order chi connectivity index (χ1) is 13.6. The molecule has 1 aliphatic rings. The van der Waals surface area contributed by atoms with Gasteiger partial charge in [0.15, 0.2) is 5.82 Å². The maximum Gasteiger partial charge on any atom is 0.337 e. The Hall–Kier alpha value is -2.21. The molecule has 5 nitrogen and oxygen atoms in total. The maximum atomic E-state index is 12.0. The summed E-state index contributed by atoms with van der Waals surface area (Å²) >= 11 is 3.41. The van der Waals surface area contributed by atoms with E-state index in [-0.39, 0.29) is 5.97 Å². The molecule has 3 aromatic rings. The predicted octanol–water partition coefficient (Wildman–Crippen LogP) is 5.87. The number of nitrogens with zero attached hydrogens (tertiary/aromatic N) is 3. The van der Waals surface area contributed by atoms with E-state index in [2.05, 4.69) is 30.5 Å². The minimum Gasteiger partial charge on any atom is -0.465 e. The molecule has 1 aromatic carbocycles. The predicted molar refractivity (Wildman–Crippen MR) is 116 cm³/mol. The molecule has 0 aliphatic heterocycles. The Kier molecular flexibility index (Phi) is 6.50. The van der Waals surface area contributed by atoms with E-state index >= 15 is 0 Å². The quantitative estimate of drug-likeness (QED) is 0.475. The second-order valence-corrected chi connectivity index (χ2v) is 7.67. The topological polar surface area (TPSA) is 57.0 Å². The van der Waals surface area contributed by atoms with Gasteiger partial charge in [-0.15, -0.1) is 0 Å². The third-order valence-electron chi connectivity index (χ3n) is 5.26. The van der Waals surface area contributed by atoms with Crippen LogP contribution >= 0.6 is 15.9 Å². The number of fused-ring (bicyclic) bond motifs is 1. The third-order valence-corrected chi connectivity index (χ3v) is 5.67. The summed E-state index contributed by atoms with van der Waals surface area (Å²) in [6.07, 6.45) is 8.42. The van der Waals surface area contributed by atoms with Crippen molar-refractivity contribution in [1.29, 1.82) is 0 Å². The van der Waals surface area contributed by atoms with Crippen LogP contribution in [-0.4, -0.2) is 27.6 Å². The third kappa shape index (κ3) is 3.70. The number of aromatic nitrogens is 3. The van der Waals surface area contributed by atoms with Crippen molar-refractivity contribution in [3.05, 3.63) is 46.2 Å². The first kappa shape index (κ1) is 20.5. The van der Waals surface area contributed by atoms with Crippen LogP contribution in [0.3, 0.4) is 0 Å². The molecule has 0 spiro atoms. The fourth-order valence-corrected chi connectivity index (χ4v) is 4.25. The average Bonchev–Trinajstić information content (AvgIpc) is 3.36. The summed E-state index contributed by atoms with van der Waals surface area (Å²) in [4.78, 5) is 21.0. The van der Waals surface area contributed by atoms with Gasteiger partial charge in [0.25, 0.3) is 0 Å². The van der Waals surface area contributed by atoms with Gasteiger partial charge < -0.3 is 9.30 Å². The number of ether oxygens (including phenoxy) is 1. The number of carbonyl (C=O) groups excluding carboxylic acids is 1. The summed E-state index contributed by atoms with van der Waals surface area (Å²) < 4.78 is 7.85. The van der Waals surface area contributed by atoms with Crippen molar-refractivity contribution in [3.63, 3.8) is 0 Å². The lowest BCUT2D eigenvalue weighted by Crippen LogP contribution is -2.02. The standard InChI is InChI=1S/C20H20BrN3O2.C2H6/c1-24-16-9-13(20(25)26-2)7-8-15(16)17(12-5-3-4-6-12)18(24)19-22-10-14(21)11-23-19;1-2/h7-12H,3-6H2,1-2H3;1-2H3. The van der Waals surface area contributed by atoms with E-state index in [0.717, 1.165) is 15.7 Å². The summed E-state index contributed by atoms with van der Waals surface area (Å²) in [5.74, 6) is 0.898. The molecule has 2 aromatic heterocycles. The minimum absolute atomic E-state index is 0.322. The molecule has 1 aliphatic carbocycles. The number of hydrogen-bond acceptors (Lipinski definition) is 4. The van der Waals surface area contributed by atoms with Gasteiger partial charge in [-0.2, -0.15) is 0 Å². The van der Waals surface area contributed by atoms with Crippen molar-refractivity contribution < 1.29 is 9.53 Å². The summed E-state index contributed by atoms with van der Waals surface area (Å²) in [5.41, 5.74) is 3.92. The van der Waals surface area contributed by atoms with Crippen molar-refractivity contribution >= 4 is 32.8 Å². The van der Waals surface area contributed by atoms with Crippen LogP contribution in [0.2, 0.25) is 0 Å². The lowest BCUT2D eigenvalue weighted by molar-refractivity contribution is 0.0601. The summed E-state index contributed by atoms with van der Waals surface area (Å²) in [5, 5.41) is 1.17. The Morgan fingerprint density at radius 1 is 1.18 bits per heavy atom. The number of benzene rings is 1. The zero-order valence-electron chi connectivity index (χ0n) is 16.8. The van der Waals surface area contributed by atoms with Crippen molar-refractivity contribution in [3.8, 4) is 11.5 Å². The van der Waals surface area contributed by atoms with Gasteiger partial charge in [0, 0.05) is 30.3 Å². The zero-order chi connectivity index (χ0) is 20.3. The van der Waals surface area contributed by atoms with Gasteiger partial charge in [0.1, 0.15) is 0 Å². The highest BCUT2D eigenvalue weighted by molar-refractivity contribution is 9.10. The van der Waals surface area contributed by atoms with Gasteiger partial charge in [0.05, 0.1) is 22.8 Å². The van der Waals surface area contributed by atoms with E-state index in [9.17, 15) is 4.79 Å². The number of esters is 1. The number of hydrogen-bond donors (Lipinski definition) is 0. The van der Waals surface area contributed by atoms with Crippen molar-refractivity contribution in [1.82, 2.24) is 14.5 Å². The lowest BCUT2D eigenvalue weighted by Gasteiger charge is -2.12. The van der Waals surface area contributed by atoms with Crippen LogP contribution in [0.15, 0.2) is 35.1 Å². The van der Waals surface area contributed by atoms with Crippen LogP contribution in [0.1, 0.15) is 61.4 Å². The molecule has 1 saturated carbocycles. The first-order valence-electron chi connectivity index (χ1n) is 9.78. The van der Waals surface area contributed by atoms with Gasteiger partial charge in [-0.05, 0) is 52.4 Å². The maximum absolute atomic E-state index is 12.0. The van der Waals surface area contributed by atoms with E-state index in [1.54, 1.807) is 12.4 Å². The van der Waals surface area contributed by atoms with Gasteiger partial charge >= 0.3 is 5.97 Å². The monoisotopic (exact) mass is 443 g/mol. The summed E-state index contributed by atoms with van der Waals surface area (Å²) in [6.45, 7) is 4.00. The Bertz CT molecular complexity index is 974. The molecular weight excluding hydrogens is 418 g/mol. The van der Waals surface area contributed by atoms with Crippen LogP contribution in [0, 0.1) is 0 Å². The van der Waals surface area contributed by atoms with Crippen LogP contribution in [0.25, 0.3) is 22.4 Å². The molecule has 1 fully saturated rings. The van der Waals surface area contributed by atoms with Gasteiger partial charge in [-0.25, -0.2) is 14.8 Å². The smallest absolute Gasteiger partial charge is 0.337 e. The SMILES string of the molecule is CC.COC(=O)c1ccc2c(C3CCCC3)c(-c3ncc(Br)cn3)n(C)c2c1. The van der Waals surface area contributed by atoms with E-state index in [1.165, 1.54) is 43.7 Å². The zero-order valence-corrected chi connectivity index (χ0v) is 18.4. The highest BCUT2D eigenvalue weighted by Crippen LogP contribution is 2.43. The fraction of sp³-hybridized carbons (Fsp3) is 0.409. The Morgan fingerprint density at radius 3 is 2.43 bits per heavy atom.